The van der Waals surface area contributed by atoms with Crippen molar-refractivity contribution < 1.29 is 27.5 Å². The minimum atomic E-state index is -4.52. The first-order valence-electron chi connectivity index (χ1n) is 11.9. The Bertz CT molecular complexity index is 1020. The van der Waals surface area contributed by atoms with Crippen LogP contribution in [-0.2, 0) is 22.3 Å². The lowest BCUT2D eigenvalue weighted by molar-refractivity contribution is -0.137. The van der Waals surface area contributed by atoms with Gasteiger partial charge in [-0.3, -0.25) is 9.59 Å². The summed E-state index contributed by atoms with van der Waals surface area (Å²) < 4.78 is 45.2. The zero-order valence-electron chi connectivity index (χ0n) is 20.5. The minimum Gasteiger partial charge on any atom is -0.375 e. The van der Waals surface area contributed by atoms with Crippen molar-refractivity contribution in [1.82, 2.24) is 9.80 Å². The van der Waals surface area contributed by atoms with Crippen molar-refractivity contribution in [3.05, 3.63) is 70.8 Å². The summed E-state index contributed by atoms with van der Waals surface area (Å²) in [6, 6.07) is 12.3. The maximum Gasteiger partial charge on any atom is 0.416 e. The summed E-state index contributed by atoms with van der Waals surface area (Å²) in [4.78, 5) is 29.2. The molecular formula is C27H33F3N2O3. The van der Waals surface area contributed by atoms with Crippen LogP contribution in [0.3, 0.4) is 0 Å². The monoisotopic (exact) mass is 490 g/mol. The third-order valence-corrected chi connectivity index (χ3v) is 6.10. The molecule has 1 fully saturated rings. The van der Waals surface area contributed by atoms with Crippen LogP contribution in [0.4, 0.5) is 13.2 Å². The van der Waals surface area contributed by atoms with Gasteiger partial charge in [0.25, 0.3) is 5.91 Å². The molecule has 1 saturated heterocycles. The second-order valence-corrected chi connectivity index (χ2v) is 9.50. The van der Waals surface area contributed by atoms with Gasteiger partial charge < -0.3 is 14.5 Å². The van der Waals surface area contributed by atoms with Crippen molar-refractivity contribution in [2.24, 2.45) is 5.92 Å². The largest absolute Gasteiger partial charge is 0.416 e. The standard InChI is InChI=1S/C27H33F3N2O3/c1-19(2)14-24(18-35-17-21-7-4-6-20(3)15-21)32-13-12-31(11-10-25(32)33)26(34)22-8-5-9-23(16-22)27(28,29)30/h4-9,15-16,19,24H,10-14,17-18H2,1-3H3/t24-/m0/s1. The molecule has 8 heteroatoms. The van der Waals surface area contributed by atoms with Gasteiger partial charge in [0, 0.05) is 31.6 Å². The van der Waals surface area contributed by atoms with Gasteiger partial charge in [0.1, 0.15) is 0 Å². The summed E-state index contributed by atoms with van der Waals surface area (Å²) in [6.07, 6.45) is -3.65. The van der Waals surface area contributed by atoms with Crippen molar-refractivity contribution in [3.63, 3.8) is 0 Å². The van der Waals surface area contributed by atoms with Gasteiger partial charge in [0.05, 0.1) is 24.8 Å². The number of rotatable bonds is 8. The maximum atomic E-state index is 13.1. The van der Waals surface area contributed by atoms with Gasteiger partial charge in [-0.15, -0.1) is 0 Å². The number of amides is 2. The molecule has 35 heavy (non-hydrogen) atoms. The van der Waals surface area contributed by atoms with E-state index in [4.69, 9.17) is 4.74 Å². The topological polar surface area (TPSA) is 49.9 Å². The molecule has 2 aromatic carbocycles. The van der Waals surface area contributed by atoms with Crippen LogP contribution < -0.4 is 0 Å². The first kappa shape index (κ1) is 26.7. The van der Waals surface area contributed by atoms with Gasteiger partial charge in [0.2, 0.25) is 5.91 Å². The summed E-state index contributed by atoms with van der Waals surface area (Å²) in [5.41, 5.74) is 1.32. The molecule has 3 rings (SSSR count). The van der Waals surface area contributed by atoms with Crippen molar-refractivity contribution in [1.29, 1.82) is 0 Å². The van der Waals surface area contributed by atoms with E-state index in [-0.39, 0.29) is 37.0 Å². The second-order valence-electron chi connectivity index (χ2n) is 9.50. The Morgan fingerprint density at radius 1 is 1.06 bits per heavy atom. The van der Waals surface area contributed by atoms with E-state index in [1.165, 1.54) is 17.0 Å². The number of nitrogens with zero attached hydrogens (tertiary/aromatic N) is 2. The van der Waals surface area contributed by atoms with Crippen molar-refractivity contribution in [2.45, 2.75) is 52.4 Å². The molecule has 0 bridgehead atoms. The van der Waals surface area contributed by atoms with Gasteiger partial charge in [-0.2, -0.15) is 13.2 Å². The number of alkyl halides is 3. The average Bonchev–Trinajstić information content (AvgIpc) is 2.99. The van der Waals surface area contributed by atoms with Crippen LogP contribution in [-0.4, -0.2) is 53.9 Å². The molecule has 1 aliphatic heterocycles. The SMILES string of the molecule is Cc1cccc(COC[C@H](CC(C)C)N2CCN(C(=O)c3cccc(C(F)(F)F)c3)CCC2=O)c1. The lowest BCUT2D eigenvalue weighted by Crippen LogP contribution is -2.45. The molecular weight excluding hydrogens is 457 g/mol. The van der Waals surface area contributed by atoms with E-state index >= 15 is 0 Å². The Morgan fingerprint density at radius 2 is 1.80 bits per heavy atom. The van der Waals surface area contributed by atoms with Crippen LogP contribution in [0, 0.1) is 12.8 Å². The Morgan fingerprint density at radius 3 is 2.49 bits per heavy atom. The van der Waals surface area contributed by atoms with E-state index in [0.29, 0.717) is 25.7 Å². The number of ether oxygens (including phenoxy) is 1. The van der Waals surface area contributed by atoms with E-state index in [0.717, 1.165) is 29.7 Å². The average molecular weight is 491 g/mol. The van der Waals surface area contributed by atoms with Crippen molar-refractivity contribution in [2.75, 3.05) is 26.2 Å². The zero-order valence-corrected chi connectivity index (χ0v) is 20.5. The summed E-state index contributed by atoms with van der Waals surface area (Å²) >= 11 is 0. The highest BCUT2D eigenvalue weighted by molar-refractivity contribution is 5.95. The van der Waals surface area contributed by atoms with Gasteiger partial charge in [-0.05, 0) is 43.0 Å². The molecule has 1 atom stereocenters. The van der Waals surface area contributed by atoms with Gasteiger partial charge in [-0.1, -0.05) is 49.7 Å². The molecule has 0 radical (unpaired) electrons. The summed E-state index contributed by atoms with van der Waals surface area (Å²) in [7, 11) is 0. The molecule has 2 aromatic rings. The van der Waals surface area contributed by atoms with Crippen LogP contribution in [0.1, 0.15) is 53.7 Å². The number of hydrogen-bond donors (Lipinski definition) is 0. The summed E-state index contributed by atoms with van der Waals surface area (Å²) in [5.74, 6) is -0.238. The fourth-order valence-corrected chi connectivity index (χ4v) is 4.38. The molecule has 0 N–H and O–H groups in total. The third kappa shape index (κ3) is 7.56. The van der Waals surface area contributed by atoms with Crippen LogP contribution in [0.15, 0.2) is 48.5 Å². The zero-order chi connectivity index (χ0) is 25.6. The molecule has 0 aromatic heterocycles. The van der Waals surface area contributed by atoms with E-state index < -0.39 is 17.6 Å². The summed E-state index contributed by atoms with van der Waals surface area (Å²) in [5, 5.41) is 0. The van der Waals surface area contributed by atoms with Crippen molar-refractivity contribution in [3.8, 4) is 0 Å². The van der Waals surface area contributed by atoms with E-state index in [2.05, 4.69) is 19.9 Å². The minimum absolute atomic E-state index is 0.0269. The predicted molar refractivity (Wildman–Crippen MR) is 128 cm³/mol. The van der Waals surface area contributed by atoms with Crippen LogP contribution in [0.2, 0.25) is 0 Å². The quantitative estimate of drug-likeness (QED) is 0.503. The van der Waals surface area contributed by atoms with E-state index in [9.17, 15) is 22.8 Å². The fourth-order valence-electron chi connectivity index (χ4n) is 4.38. The Balaban J connectivity index is 1.67. The van der Waals surface area contributed by atoms with Crippen LogP contribution in [0.5, 0.6) is 0 Å². The highest BCUT2D eigenvalue weighted by atomic mass is 19.4. The fraction of sp³-hybridized carbons (Fsp3) is 0.481. The highest BCUT2D eigenvalue weighted by Crippen LogP contribution is 2.30. The molecule has 0 spiro atoms. The number of halogens is 3. The molecule has 0 aliphatic carbocycles. The van der Waals surface area contributed by atoms with Gasteiger partial charge >= 0.3 is 6.18 Å². The lowest BCUT2D eigenvalue weighted by Gasteiger charge is -2.32. The van der Waals surface area contributed by atoms with Crippen molar-refractivity contribution >= 4 is 11.8 Å². The molecule has 2 amide bonds. The molecule has 1 heterocycles. The normalized spacial score (nSPS) is 15.9. The van der Waals surface area contributed by atoms with Gasteiger partial charge in [-0.25, -0.2) is 0 Å². The predicted octanol–water partition coefficient (Wildman–Crippen LogP) is 5.32. The number of aryl methyl sites for hydroxylation is 1. The molecule has 190 valence electrons. The highest BCUT2D eigenvalue weighted by Gasteiger charge is 2.33. The molecule has 0 saturated carbocycles. The lowest BCUT2D eigenvalue weighted by atomic mass is 10.0. The number of carbonyl (C=O) groups excluding carboxylic acids is 2. The Kier molecular flexibility index (Phi) is 8.94. The summed E-state index contributed by atoms with van der Waals surface area (Å²) in [6.45, 7) is 7.74. The van der Waals surface area contributed by atoms with E-state index in [1.807, 2.05) is 25.1 Å². The first-order valence-corrected chi connectivity index (χ1v) is 11.9. The Labute approximate surface area is 204 Å². The van der Waals surface area contributed by atoms with E-state index in [1.54, 1.807) is 4.90 Å². The molecule has 1 aliphatic rings. The molecule has 5 nitrogen and oxygen atoms in total. The van der Waals surface area contributed by atoms with Gasteiger partial charge in [0.15, 0.2) is 0 Å². The first-order chi connectivity index (χ1) is 16.5. The smallest absolute Gasteiger partial charge is 0.375 e. The van der Waals surface area contributed by atoms with Crippen LogP contribution >= 0.6 is 0 Å². The second kappa shape index (κ2) is 11.7. The number of carbonyl (C=O) groups is 2. The third-order valence-electron chi connectivity index (χ3n) is 6.10. The Hall–Kier alpha value is -2.87. The number of hydrogen-bond acceptors (Lipinski definition) is 3. The van der Waals surface area contributed by atoms with Crippen LogP contribution in [0.25, 0.3) is 0 Å². The maximum absolute atomic E-state index is 13.1. The molecule has 0 unspecified atom stereocenters. The number of benzene rings is 2.